The lowest BCUT2D eigenvalue weighted by Gasteiger charge is -2.35. The molecule has 2 fully saturated rings. The number of pyridine rings is 1. The molecule has 208 valence electrons. The van der Waals surface area contributed by atoms with Gasteiger partial charge in [-0.05, 0) is 37.1 Å². The maximum atomic E-state index is 14.2. The monoisotopic (exact) mass is 581 g/mol. The molecule has 3 aromatic rings. The van der Waals surface area contributed by atoms with Gasteiger partial charge in [0.2, 0.25) is 5.43 Å². The van der Waals surface area contributed by atoms with Crippen LogP contribution in [0.2, 0.25) is 10.0 Å². The second-order valence-electron chi connectivity index (χ2n) is 9.90. The lowest BCUT2D eigenvalue weighted by molar-refractivity contribution is 0.0316. The number of piperazine rings is 1. The number of β-amino-alcohol motifs (C(OH)–C–C–N with tert-alkyl or cyclic N) is 1. The number of nitrogens with two attached hydrogens (primary N) is 1. The molecule has 5 rings (SSSR count). The highest BCUT2D eigenvalue weighted by Gasteiger charge is 2.41. The van der Waals surface area contributed by atoms with Crippen LogP contribution in [0.3, 0.4) is 0 Å². The van der Waals surface area contributed by atoms with Crippen LogP contribution in [-0.4, -0.2) is 70.9 Å². The number of aliphatic hydroxyl groups excluding tert-OH is 1. The second kappa shape index (κ2) is 11.0. The van der Waals surface area contributed by atoms with Crippen molar-refractivity contribution in [2.24, 2.45) is 5.73 Å². The Kier molecular flexibility index (Phi) is 7.82. The zero-order valence-corrected chi connectivity index (χ0v) is 22.3. The summed E-state index contributed by atoms with van der Waals surface area (Å²) < 4.78 is 34.8. The third kappa shape index (κ3) is 6.03. The standard InChI is InChI=1S/C26H27Cl2F2N5O4/c27-19-2-1-16(9-21(19)29)39-14-15(36)12-33-5-7-34(8-6-33)32-25(38)18-13-35(26(31)3-4-26)23-11-20(28)22(30)10-17(23)24(18)37/h1-2,9-11,13,15,36H,3-8,12,14,31H2,(H,32,38)/t15-/m1/s1. The highest BCUT2D eigenvalue weighted by atomic mass is 35.5. The Morgan fingerprint density at radius 2 is 1.79 bits per heavy atom. The molecule has 1 saturated heterocycles. The molecule has 0 unspecified atom stereocenters. The van der Waals surface area contributed by atoms with E-state index in [0.29, 0.717) is 51.1 Å². The van der Waals surface area contributed by atoms with Gasteiger partial charge in [0.1, 0.15) is 35.7 Å². The molecule has 9 nitrogen and oxygen atoms in total. The number of hydrogen-bond donors (Lipinski definition) is 3. The molecule has 4 N–H and O–H groups in total. The van der Waals surface area contributed by atoms with E-state index in [9.17, 15) is 23.5 Å². The highest BCUT2D eigenvalue weighted by Crippen LogP contribution is 2.40. The van der Waals surface area contributed by atoms with E-state index >= 15 is 0 Å². The number of halogens is 4. The van der Waals surface area contributed by atoms with E-state index in [1.54, 1.807) is 9.58 Å². The normalized spacial score (nSPS) is 18.2. The van der Waals surface area contributed by atoms with Crippen LogP contribution in [0.4, 0.5) is 8.78 Å². The third-order valence-electron chi connectivity index (χ3n) is 6.97. The van der Waals surface area contributed by atoms with E-state index < -0.39 is 34.7 Å². The number of carbonyl (C=O) groups is 1. The van der Waals surface area contributed by atoms with Gasteiger partial charge in [-0.1, -0.05) is 23.2 Å². The second-order valence-corrected chi connectivity index (χ2v) is 10.7. The van der Waals surface area contributed by atoms with E-state index in [1.807, 2.05) is 4.90 Å². The molecule has 2 heterocycles. The van der Waals surface area contributed by atoms with Gasteiger partial charge >= 0.3 is 0 Å². The Morgan fingerprint density at radius 3 is 2.46 bits per heavy atom. The number of nitrogens with zero attached hydrogens (tertiary/aromatic N) is 3. The van der Waals surface area contributed by atoms with Gasteiger partial charge in [-0.15, -0.1) is 0 Å². The van der Waals surface area contributed by atoms with Gasteiger partial charge in [-0.3, -0.25) is 19.9 Å². The number of carbonyl (C=O) groups excluding carboxylic acids is 1. The minimum atomic E-state index is -0.819. The Balaban J connectivity index is 1.19. The molecule has 1 atom stereocenters. The Morgan fingerprint density at radius 1 is 1.10 bits per heavy atom. The molecule has 0 bridgehead atoms. The average Bonchev–Trinajstić information content (AvgIpc) is 3.65. The first-order chi connectivity index (χ1) is 18.5. The maximum Gasteiger partial charge on any atom is 0.271 e. The summed E-state index contributed by atoms with van der Waals surface area (Å²) in [7, 11) is 0. The van der Waals surface area contributed by atoms with Crippen LogP contribution in [0, 0.1) is 11.6 Å². The first-order valence-corrected chi connectivity index (χ1v) is 13.2. The number of hydrogen-bond acceptors (Lipinski definition) is 7. The average molecular weight is 582 g/mol. The smallest absolute Gasteiger partial charge is 0.271 e. The minimum Gasteiger partial charge on any atom is -0.491 e. The predicted molar refractivity (Wildman–Crippen MR) is 143 cm³/mol. The van der Waals surface area contributed by atoms with Gasteiger partial charge in [0.25, 0.3) is 5.91 Å². The zero-order valence-electron chi connectivity index (χ0n) is 20.8. The van der Waals surface area contributed by atoms with Crippen LogP contribution in [0.25, 0.3) is 10.9 Å². The van der Waals surface area contributed by atoms with E-state index in [4.69, 9.17) is 33.7 Å². The van der Waals surface area contributed by atoms with Gasteiger partial charge in [-0.25, -0.2) is 13.8 Å². The maximum absolute atomic E-state index is 14.2. The van der Waals surface area contributed by atoms with Crippen LogP contribution in [0.15, 0.2) is 41.3 Å². The summed E-state index contributed by atoms with van der Waals surface area (Å²) >= 11 is 11.6. The largest absolute Gasteiger partial charge is 0.491 e. The molecule has 2 aromatic carbocycles. The molecule has 1 saturated carbocycles. The van der Waals surface area contributed by atoms with Crippen molar-refractivity contribution >= 4 is 40.0 Å². The molecular weight excluding hydrogens is 555 g/mol. The fourth-order valence-electron chi connectivity index (χ4n) is 4.57. The Labute approximate surface area is 232 Å². The van der Waals surface area contributed by atoms with Crippen LogP contribution < -0.4 is 21.3 Å². The predicted octanol–water partition coefficient (Wildman–Crippen LogP) is 2.69. The van der Waals surface area contributed by atoms with E-state index in [-0.39, 0.29) is 33.4 Å². The Bertz CT molecular complexity index is 1470. The zero-order chi connectivity index (χ0) is 27.9. The number of benzene rings is 2. The molecule has 1 aliphatic heterocycles. The van der Waals surface area contributed by atoms with Crippen molar-refractivity contribution in [3.05, 3.63) is 74.0 Å². The first-order valence-electron chi connectivity index (χ1n) is 12.4. The summed E-state index contributed by atoms with van der Waals surface area (Å²) in [6.45, 7) is 2.23. The molecular formula is C26H27Cl2F2N5O4. The molecule has 1 aliphatic carbocycles. The number of rotatable bonds is 8. The number of nitrogens with one attached hydrogen (secondary N) is 1. The summed E-state index contributed by atoms with van der Waals surface area (Å²) in [4.78, 5) is 28.3. The molecule has 0 radical (unpaired) electrons. The van der Waals surface area contributed by atoms with Gasteiger partial charge in [0.05, 0.1) is 21.2 Å². The van der Waals surface area contributed by atoms with Crippen LogP contribution >= 0.6 is 23.2 Å². The van der Waals surface area contributed by atoms with Crippen molar-refractivity contribution in [3.8, 4) is 5.75 Å². The van der Waals surface area contributed by atoms with Crippen molar-refractivity contribution in [2.45, 2.75) is 24.6 Å². The van der Waals surface area contributed by atoms with Gasteiger partial charge in [0, 0.05) is 50.4 Å². The summed E-state index contributed by atoms with van der Waals surface area (Å²) in [5.41, 5.74) is 7.99. The highest BCUT2D eigenvalue weighted by molar-refractivity contribution is 6.31. The molecule has 13 heteroatoms. The van der Waals surface area contributed by atoms with Gasteiger partial charge < -0.3 is 20.1 Å². The fraction of sp³-hybridized carbons (Fsp3) is 0.385. The van der Waals surface area contributed by atoms with Crippen molar-refractivity contribution in [1.29, 1.82) is 0 Å². The number of ether oxygens (including phenoxy) is 1. The summed E-state index contributed by atoms with van der Waals surface area (Å²) in [5.74, 6) is -1.70. The van der Waals surface area contributed by atoms with E-state index in [0.717, 1.165) is 12.1 Å². The quantitative estimate of drug-likeness (QED) is 0.375. The van der Waals surface area contributed by atoms with Crippen LogP contribution in [0.5, 0.6) is 5.75 Å². The first kappa shape index (κ1) is 27.8. The lowest BCUT2D eigenvalue weighted by Crippen LogP contribution is -2.55. The van der Waals surface area contributed by atoms with Crippen molar-refractivity contribution < 1.29 is 23.4 Å². The van der Waals surface area contributed by atoms with E-state index in [2.05, 4.69) is 5.43 Å². The molecule has 2 aliphatic rings. The van der Waals surface area contributed by atoms with E-state index in [1.165, 1.54) is 24.4 Å². The topological polar surface area (TPSA) is 113 Å². The van der Waals surface area contributed by atoms with Crippen LogP contribution in [0.1, 0.15) is 23.2 Å². The molecule has 0 spiro atoms. The summed E-state index contributed by atoms with van der Waals surface area (Å²) in [6.07, 6.45) is 1.90. The summed E-state index contributed by atoms with van der Waals surface area (Å²) in [6, 6.07) is 6.45. The summed E-state index contributed by atoms with van der Waals surface area (Å²) in [5, 5.41) is 11.9. The van der Waals surface area contributed by atoms with Gasteiger partial charge in [0.15, 0.2) is 0 Å². The van der Waals surface area contributed by atoms with Gasteiger partial charge in [-0.2, -0.15) is 0 Å². The lowest BCUT2D eigenvalue weighted by atomic mass is 10.1. The number of aromatic nitrogens is 1. The Hall–Kier alpha value is -2.80. The number of aliphatic hydroxyl groups is 1. The minimum absolute atomic E-state index is 0.0100. The van der Waals surface area contributed by atoms with Crippen LogP contribution in [-0.2, 0) is 5.66 Å². The molecule has 1 aromatic heterocycles. The fourth-order valence-corrected chi connectivity index (χ4v) is 4.85. The van der Waals surface area contributed by atoms with Crippen molar-refractivity contribution in [2.75, 3.05) is 39.3 Å². The number of amides is 1. The third-order valence-corrected chi connectivity index (χ3v) is 7.56. The van der Waals surface area contributed by atoms with Crippen molar-refractivity contribution in [3.63, 3.8) is 0 Å². The molecule has 39 heavy (non-hydrogen) atoms. The van der Waals surface area contributed by atoms with Crippen molar-refractivity contribution in [1.82, 2.24) is 19.9 Å². The number of fused-ring (bicyclic) bond motifs is 1. The number of hydrazine groups is 1. The SMILES string of the molecule is NC1(n2cc(C(=O)NN3CCN(C[C@@H](O)COc4ccc(Cl)c(F)c4)CC3)c(=O)c3cc(F)c(Cl)cc32)CC1. The molecule has 1 amide bonds.